The Hall–Kier alpha value is -1.17. The Bertz CT molecular complexity index is 637. The highest BCUT2D eigenvalue weighted by molar-refractivity contribution is 8.00. The average Bonchev–Trinajstić information content (AvgIpc) is 3.04. The number of carbonyl (C=O) groups excluding carboxylic acids is 4. The lowest BCUT2D eigenvalue weighted by Crippen LogP contribution is -2.32. The fourth-order valence-electron chi connectivity index (χ4n) is 3.94. The molecule has 0 aromatic heterocycles. The van der Waals surface area contributed by atoms with Crippen molar-refractivity contribution in [2.45, 2.75) is 111 Å². The van der Waals surface area contributed by atoms with Gasteiger partial charge >= 0.3 is 0 Å². The molecule has 0 aliphatic carbocycles. The highest BCUT2D eigenvalue weighted by Gasteiger charge is 2.38. The maximum atomic E-state index is 12.6. The molecule has 0 bridgehead atoms. The van der Waals surface area contributed by atoms with Crippen molar-refractivity contribution in [2.24, 2.45) is 10.8 Å². The molecule has 0 saturated carbocycles. The Labute approximate surface area is 193 Å². The Balaban J connectivity index is 2.37. The minimum absolute atomic E-state index is 0.110. The van der Waals surface area contributed by atoms with Crippen LogP contribution in [0, 0.1) is 10.8 Å². The predicted molar refractivity (Wildman–Crippen MR) is 128 cm³/mol. The minimum Gasteiger partial charge on any atom is -0.299 e. The van der Waals surface area contributed by atoms with E-state index in [0.717, 1.165) is 44.9 Å². The lowest BCUT2D eigenvalue weighted by atomic mass is 9.78. The molecule has 1 fully saturated rings. The number of Topliss-reactive ketones (excluding diaryl/α,β-unsaturated/α-hetero) is 2. The Morgan fingerprint density at radius 2 is 1.39 bits per heavy atom. The molecule has 5 nitrogen and oxygen atoms in total. The van der Waals surface area contributed by atoms with Gasteiger partial charge in [0.2, 0.25) is 11.8 Å². The molecule has 1 heterocycles. The van der Waals surface area contributed by atoms with Gasteiger partial charge in [0.15, 0.2) is 0 Å². The van der Waals surface area contributed by atoms with Crippen molar-refractivity contribution in [1.29, 1.82) is 0 Å². The van der Waals surface area contributed by atoms with Gasteiger partial charge in [0.1, 0.15) is 11.6 Å². The van der Waals surface area contributed by atoms with E-state index in [1.807, 2.05) is 27.7 Å². The monoisotopic (exact) mass is 453 g/mol. The van der Waals surface area contributed by atoms with Gasteiger partial charge in [-0.05, 0) is 38.5 Å². The number of rotatable bonds is 16. The van der Waals surface area contributed by atoms with Crippen LogP contribution < -0.4 is 0 Å². The summed E-state index contributed by atoms with van der Waals surface area (Å²) >= 11 is 1.44. The predicted octanol–water partition coefficient (Wildman–Crippen LogP) is 5.59. The Morgan fingerprint density at radius 1 is 0.871 bits per heavy atom. The molecule has 0 N–H and O–H groups in total. The van der Waals surface area contributed by atoms with E-state index >= 15 is 0 Å². The average molecular weight is 454 g/mol. The first-order chi connectivity index (χ1) is 14.6. The summed E-state index contributed by atoms with van der Waals surface area (Å²) in [6, 6.07) is 0. The third-order valence-corrected chi connectivity index (χ3v) is 8.81. The summed E-state index contributed by atoms with van der Waals surface area (Å²) in [4.78, 5) is 51.2. The highest BCUT2D eigenvalue weighted by atomic mass is 32.2. The summed E-state index contributed by atoms with van der Waals surface area (Å²) < 4.78 is 0. The number of hydrogen-bond acceptors (Lipinski definition) is 5. The number of ketones is 2. The number of carbonyl (C=O) groups is 4. The fraction of sp³-hybridized carbons (Fsp3) is 0.840. The summed E-state index contributed by atoms with van der Waals surface area (Å²) in [5.41, 5.74) is -0.506. The van der Waals surface area contributed by atoms with Crippen LogP contribution in [0.4, 0.5) is 0 Å². The number of thioether (sulfide) groups is 1. The van der Waals surface area contributed by atoms with Crippen molar-refractivity contribution in [3.05, 3.63) is 0 Å². The van der Waals surface area contributed by atoms with Gasteiger partial charge in [0.25, 0.3) is 0 Å². The number of unbranched alkanes of at least 4 members (excludes halogenated alkanes) is 2. The van der Waals surface area contributed by atoms with Crippen molar-refractivity contribution in [2.75, 3.05) is 12.3 Å². The van der Waals surface area contributed by atoms with Gasteiger partial charge < -0.3 is 0 Å². The van der Waals surface area contributed by atoms with E-state index in [0.29, 0.717) is 30.9 Å². The van der Waals surface area contributed by atoms with Gasteiger partial charge in [-0.1, -0.05) is 48.0 Å². The summed E-state index contributed by atoms with van der Waals surface area (Å²) in [5.74, 6) is 0.925. The standard InChI is InChI=1S/C25H43NO4S/c1-7-24(5,8-2)20(27)14-12-11-13-16-26-22(29)18-19(23(26)30)31-17-15-21(28)25(6,9-3)10-4/h19H,7-18H2,1-6H3. The van der Waals surface area contributed by atoms with Crippen LogP contribution in [0.2, 0.25) is 0 Å². The van der Waals surface area contributed by atoms with Crippen LogP contribution in [0.1, 0.15) is 106 Å². The molecule has 31 heavy (non-hydrogen) atoms. The van der Waals surface area contributed by atoms with E-state index in [1.165, 1.54) is 16.7 Å². The first-order valence-corrected chi connectivity index (χ1v) is 13.2. The molecule has 0 radical (unpaired) electrons. The molecule has 2 amide bonds. The van der Waals surface area contributed by atoms with E-state index < -0.39 is 0 Å². The van der Waals surface area contributed by atoms with E-state index in [-0.39, 0.29) is 40.1 Å². The second-order valence-electron chi connectivity index (χ2n) is 9.39. The molecule has 1 saturated heterocycles. The summed E-state index contributed by atoms with van der Waals surface area (Å²) in [6.45, 7) is 12.7. The molecule has 178 valence electrons. The van der Waals surface area contributed by atoms with Gasteiger partial charge in [-0.25, -0.2) is 0 Å². The van der Waals surface area contributed by atoms with Crippen LogP contribution in [0.5, 0.6) is 0 Å². The van der Waals surface area contributed by atoms with Crippen molar-refractivity contribution in [1.82, 2.24) is 4.90 Å². The van der Waals surface area contributed by atoms with Gasteiger partial charge in [-0.15, -0.1) is 11.8 Å². The summed E-state index contributed by atoms with van der Waals surface area (Å²) in [6.07, 6.45) is 7.00. The van der Waals surface area contributed by atoms with Crippen LogP contribution in [-0.4, -0.2) is 45.8 Å². The number of imide groups is 1. The number of amides is 2. The first-order valence-electron chi connectivity index (χ1n) is 12.1. The zero-order valence-corrected chi connectivity index (χ0v) is 21.4. The largest absolute Gasteiger partial charge is 0.299 e. The van der Waals surface area contributed by atoms with E-state index in [1.54, 1.807) is 0 Å². The third-order valence-electron chi connectivity index (χ3n) is 7.60. The maximum absolute atomic E-state index is 12.6. The highest BCUT2D eigenvalue weighted by Crippen LogP contribution is 2.31. The first kappa shape index (κ1) is 27.9. The molecule has 6 heteroatoms. The summed E-state index contributed by atoms with van der Waals surface area (Å²) in [7, 11) is 0. The smallest absolute Gasteiger partial charge is 0.242 e. The number of likely N-dealkylation sites (tertiary alicyclic amines) is 1. The molecule has 1 rings (SSSR count). The topological polar surface area (TPSA) is 71.5 Å². The van der Waals surface area contributed by atoms with E-state index in [4.69, 9.17) is 0 Å². The molecule has 1 aliphatic heterocycles. The van der Waals surface area contributed by atoms with Crippen LogP contribution in [0.3, 0.4) is 0 Å². The van der Waals surface area contributed by atoms with Crippen molar-refractivity contribution in [3.8, 4) is 0 Å². The normalized spacial score (nSPS) is 17.5. The molecule has 0 aromatic rings. The third kappa shape index (κ3) is 7.44. The van der Waals surface area contributed by atoms with Gasteiger partial charge in [-0.3, -0.25) is 24.1 Å². The van der Waals surface area contributed by atoms with Gasteiger partial charge in [0, 0.05) is 42.4 Å². The lowest BCUT2D eigenvalue weighted by Gasteiger charge is -2.25. The van der Waals surface area contributed by atoms with Crippen molar-refractivity contribution < 1.29 is 19.2 Å². The van der Waals surface area contributed by atoms with E-state index in [9.17, 15) is 19.2 Å². The zero-order valence-electron chi connectivity index (χ0n) is 20.6. The lowest BCUT2D eigenvalue weighted by molar-refractivity contribution is -0.138. The molecule has 0 aromatic carbocycles. The maximum Gasteiger partial charge on any atom is 0.242 e. The van der Waals surface area contributed by atoms with Gasteiger partial charge in [0.05, 0.1) is 5.25 Å². The van der Waals surface area contributed by atoms with Crippen molar-refractivity contribution >= 4 is 35.1 Å². The SMILES string of the molecule is CCC(C)(CC)C(=O)CCCCCN1C(=O)CC(SCCC(=O)C(C)(CC)CC)C1=O. The Kier molecular flexibility index (Phi) is 11.5. The molecule has 1 unspecified atom stereocenters. The molecule has 1 aliphatic rings. The van der Waals surface area contributed by atoms with Crippen LogP contribution in [0.15, 0.2) is 0 Å². The number of hydrogen-bond donors (Lipinski definition) is 0. The summed E-state index contributed by atoms with van der Waals surface area (Å²) in [5, 5.41) is -0.355. The van der Waals surface area contributed by atoms with Crippen LogP contribution >= 0.6 is 11.8 Å². The number of nitrogens with zero attached hydrogens (tertiary/aromatic N) is 1. The molecule has 1 atom stereocenters. The van der Waals surface area contributed by atoms with Gasteiger partial charge in [-0.2, -0.15) is 0 Å². The van der Waals surface area contributed by atoms with Crippen molar-refractivity contribution in [3.63, 3.8) is 0 Å². The fourth-order valence-corrected chi connectivity index (χ4v) is 5.05. The molecular formula is C25H43NO4S. The molecule has 0 spiro atoms. The Morgan fingerprint density at radius 3 is 1.90 bits per heavy atom. The molecular weight excluding hydrogens is 410 g/mol. The van der Waals surface area contributed by atoms with E-state index in [2.05, 4.69) is 13.8 Å². The second-order valence-corrected chi connectivity index (χ2v) is 10.7. The zero-order chi connectivity index (χ0) is 23.7. The minimum atomic E-state index is -0.355. The van der Waals surface area contributed by atoms with Crippen LogP contribution in [-0.2, 0) is 19.2 Å². The van der Waals surface area contributed by atoms with Crippen LogP contribution in [0.25, 0.3) is 0 Å². The second kappa shape index (κ2) is 12.8. The quantitative estimate of drug-likeness (QED) is 0.225.